The lowest BCUT2D eigenvalue weighted by Crippen LogP contribution is -2.36. The maximum atomic E-state index is 6.18. The largest absolute Gasteiger partial charge is 0.487 e. The maximum absolute atomic E-state index is 6.18. The van der Waals surface area contributed by atoms with E-state index in [9.17, 15) is 0 Å². The first kappa shape index (κ1) is 16.0. The van der Waals surface area contributed by atoms with Crippen LogP contribution in [-0.4, -0.2) is 28.7 Å². The molecule has 1 N–H and O–H groups in total. The van der Waals surface area contributed by atoms with Crippen LogP contribution in [-0.2, 0) is 0 Å². The highest BCUT2D eigenvalue weighted by atomic mass is 35.5. The van der Waals surface area contributed by atoms with E-state index >= 15 is 0 Å². The van der Waals surface area contributed by atoms with E-state index in [-0.39, 0.29) is 6.10 Å². The van der Waals surface area contributed by atoms with Crippen molar-refractivity contribution in [3.63, 3.8) is 0 Å². The van der Waals surface area contributed by atoms with E-state index < -0.39 is 0 Å². The molecular weight excluding hydrogens is 310 g/mol. The Morgan fingerprint density at radius 2 is 2.17 bits per heavy atom. The number of hydrogen-bond acceptors (Lipinski definition) is 4. The lowest BCUT2D eigenvalue weighted by Gasteiger charge is -2.21. The van der Waals surface area contributed by atoms with Crippen LogP contribution in [0.25, 0.3) is 12.2 Å². The first-order valence-corrected chi connectivity index (χ1v) is 8.24. The van der Waals surface area contributed by atoms with Gasteiger partial charge in [0.15, 0.2) is 0 Å². The van der Waals surface area contributed by atoms with Gasteiger partial charge in [0, 0.05) is 24.0 Å². The summed E-state index contributed by atoms with van der Waals surface area (Å²) in [7, 11) is 0. The fourth-order valence-electron chi connectivity index (χ4n) is 2.70. The summed E-state index contributed by atoms with van der Waals surface area (Å²) < 4.78 is 6.02. The second-order valence-corrected chi connectivity index (χ2v) is 6.05. The average molecular weight is 330 g/mol. The molecule has 2 aromatic heterocycles. The van der Waals surface area contributed by atoms with Gasteiger partial charge in [-0.25, -0.2) is 4.98 Å². The molecule has 0 aliphatic carbocycles. The summed E-state index contributed by atoms with van der Waals surface area (Å²) in [6.07, 6.45) is 11.6. The van der Waals surface area contributed by atoms with Crippen LogP contribution in [0.15, 0.2) is 36.8 Å². The first-order valence-electron chi connectivity index (χ1n) is 7.86. The van der Waals surface area contributed by atoms with Gasteiger partial charge in [0.25, 0.3) is 0 Å². The van der Waals surface area contributed by atoms with Crippen LogP contribution in [0.5, 0.6) is 5.75 Å². The van der Waals surface area contributed by atoms with Gasteiger partial charge >= 0.3 is 0 Å². The van der Waals surface area contributed by atoms with E-state index in [0.29, 0.717) is 11.2 Å². The van der Waals surface area contributed by atoms with E-state index in [2.05, 4.69) is 22.2 Å². The number of nitrogens with zero attached hydrogens (tertiary/aromatic N) is 2. The highest BCUT2D eigenvalue weighted by molar-refractivity contribution is 6.31. The molecule has 5 heteroatoms. The van der Waals surface area contributed by atoms with Crippen molar-refractivity contribution >= 4 is 23.8 Å². The highest BCUT2D eigenvalue weighted by Gasteiger charge is 2.22. The number of aromatic nitrogens is 2. The molecule has 1 unspecified atom stereocenters. The summed E-state index contributed by atoms with van der Waals surface area (Å²) in [6.45, 7) is 3.15. The molecule has 1 aliphatic rings. The summed E-state index contributed by atoms with van der Waals surface area (Å²) >= 11 is 6.18. The van der Waals surface area contributed by atoms with Crippen LogP contribution in [0, 0.1) is 0 Å². The Hall–Kier alpha value is -1.91. The molecule has 0 spiro atoms. The topological polar surface area (TPSA) is 47.0 Å². The van der Waals surface area contributed by atoms with Crippen LogP contribution >= 0.6 is 11.6 Å². The zero-order valence-corrected chi connectivity index (χ0v) is 13.8. The first-order chi connectivity index (χ1) is 11.2. The van der Waals surface area contributed by atoms with Crippen LogP contribution in [0.3, 0.4) is 0 Å². The SMILES string of the molecule is CC(Oc1cnc(Cl)c(C=Cc2ccncc2)c1)[C@@H]1CCCN1. The zero-order valence-electron chi connectivity index (χ0n) is 13.1. The van der Waals surface area contributed by atoms with Crippen LogP contribution in [0.2, 0.25) is 5.15 Å². The molecule has 0 amide bonds. The summed E-state index contributed by atoms with van der Waals surface area (Å²) in [5.41, 5.74) is 1.90. The fourth-order valence-corrected chi connectivity index (χ4v) is 2.86. The van der Waals surface area contributed by atoms with Gasteiger partial charge in [0.1, 0.15) is 17.0 Å². The molecule has 3 heterocycles. The molecule has 2 aromatic rings. The van der Waals surface area contributed by atoms with Gasteiger partial charge in [0.05, 0.1) is 6.20 Å². The molecule has 4 nitrogen and oxygen atoms in total. The molecule has 0 bridgehead atoms. The van der Waals surface area contributed by atoms with Crippen LogP contribution < -0.4 is 10.1 Å². The number of halogens is 1. The van der Waals surface area contributed by atoms with Crippen molar-refractivity contribution in [2.24, 2.45) is 0 Å². The molecule has 120 valence electrons. The number of ether oxygens (including phenoxy) is 1. The third-order valence-corrected chi connectivity index (χ3v) is 4.31. The molecule has 1 fully saturated rings. The van der Waals surface area contributed by atoms with E-state index in [1.165, 1.54) is 6.42 Å². The monoisotopic (exact) mass is 329 g/mol. The van der Waals surface area contributed by atoms with E-state index in [0.717, 1.165) is 29.8 Å². The van der Waals surface area contributed by atoms with Gasteiger partial charge in [0.2, 0.25) is 0 Å². The van der Waals surface area contributed by atoms with Gasteiger partial charge < -0.3 is 10.1 Å². The third-order valence-electron chi connectivity index (χ3n) is 3.99. The second-order valence-electron chi connectivity index (χ2n) is 5.69. The number of rotatable bonds is 5. The van der Waals surface area contributed by atoms with Crippen molar-refractivity contribution in [2.75, 3.05) is 6.54 Å². The fraction of sp³-hybridized carbons (Fsp3) is 0.333. The Labute approximate surface area is 141 Å². The highest BCUT2D eigenvalue weighted by Crippen LogP contribution is 2.23. The lowest BCUT2D eigenvalue weighted by molar-refractivity contribution is 0.179. The van der Waals surface area contributed by atoms with Crippen molar-refractivity contribution < 1.29 is 4.74 Å². The van der Waals surface area contributed by atoms with Crippen molar-refractivity contribution in [3.8, 4) is 5.75 Å². The van der Waals surface area contributed by atoms with Gasteiger partial charge in [-0.15, -0.1) is 0 Å². The number of hydrogen-bond donors (Lipinski definition) is 1. The van der Waals surface area contributed by atoms with Crippen molar-refractivity contribution in [1.29, 1.82) is 0 Å². The number of nitrogens with one attached hydrogen (secondary N) is 1. The molecule has 0 aromatic carbocycles. The Morgan fingerprint density at radius 3 is 2.91 bits per heavy atom. The van der Waals surface area contributed by atoms with E-state index in [4.69, 9.17) is 16.3 Å². The lowest BCUT2D eigenvalue weighted by atomic mass is 10.1. The average Bonchev–Trinajstić information content (AvgIpc) is 3.11. The Morgan fingerprint density at radius 1 is 1.35 bits per heavy atom. The summed E-state index contributed by atoms with van der Waals surface area (Å²) in [5, 5.41) is 3.92. The molecule has 1 aliphatic heterocycles. The Bertz CT molecular complexity index is 669. The van der Waals surface area contributed by atoms with Gasteiger partial charge in [-0.2, -0.15) is 0 Å². The molecule has 0 radical (unpaired) electrons. The quantitative estimate of drug-likeness (QED) is 0.847. The number of pyridine rings is 2. The Kier molecular flexibility index (Phi) is 5.26. The minimum Gasteiger partial charge on any atom is -0.487 e. The standard InChI is InChI=1S/C18H20ClN3O/c1-13(17-3-2-8-21-17)23-16-11-15(18(19)22-12-16)5-4-14-6-9-20-10-7-14/h4-7,9-13,17,21H,2-3,8H2,1H3/t13?,17-/m0/s1. The smallest absolute Gasteiger partial charge is 0.138 e. The minimum absolute atomic E-state index is 0.109. The minimum atomic E-state index is 0.109. The summed E-state index contributed by atoms with van der Waals surface area (Å²) in [4.78, 5) is 8.23. The molecule has 1 saturated heterocycles. The molecule has 0 saturated carbocycles. The normalized spacial score (nSPS) is 19.1. The molecule has 23 heavy (non-hydrogen) atoms. The summed E-state index contributed by atoms with van der Waals surface area (Å²) in [6, 6.07) is 6.21. The van der Waals surface area contributed by atoms with E-state index in [1.54, 1.807) is 18.6 Å². The van der Waals surface area contributed by atoms with Crippen LogP contribution in [0.4, 0.5) is 0 Å². The van der Waals surface area contributed by atoms with Gasteiger partial charge in [-0.1, -0.05) is 23.8 Å². The molecule has 3 rings (SSSR count). The molecular formula is C18H20ClN3O. The van der Waals surface area contributed by atoms with Crippen LogP contribution in [0.1, 0.15) is 30.9 Å². The Balaban J connectivity index is 1.72. The predicted molar refractivity (Wildman–Crippen MR) is 93.5 cm³/mol. The van der Waals surface area contributed by atoms with Gasteiger partial charge in [-0.3, -0.25) is 4.98 Å². The maximum Gasteiger partial charge on any atom is 0.138 e. The predicted octanol–water partition coefficient (Wildman–Crippen LogP) is 3.82. The van der Waals surface area contributed by atoms with Crippen molar-refractivity contribution in [1.82, 2.24) is 15.3 Å². The summed E-state index contributed by atoms with van der Waals surface area (Å²) in [5.74, 6) is 0.741. The van der Waals surface area contributed by atoms with Crippen molar-refractivity contribution in [3.05, 3.63) is 53.1 Å². The third kappa shape index (κ3) is 4.30. The molecule has 2 atom stereocenters. The van der Waals surface area contributed by atoms with E-state index in [1.807, 2.05) is 30.4 Å². The zero-order chi connectivity index (χ0) is 16.1. The van der Waals surface area contributed by atoms with Crippen molar-refractivity contribution in [2.45, 2.75) is 31.9 Å². The second kappa shape index (κ2) is 7.57. The van der Waals surface area contributed by atoms with Gasteiger partial charge in [-0.05, 0) is 50.1 Å².